The van der Waals surface area contributed by atoms with Crippen LogP contribution in [-0.2, 0) is 12.8 Å². The Morgan fingerprint density at radius 3 is 2.06 bits per heavy atom. The Balaban J connectivity index is 2.09. The molecule has 2 aromatic rings. The molecule has 1 N–H and O–H groups in total. The fourth-order valence-electron chi connectivity index (χ4n) is 1.75. The Hall–Kier alpha value is -1.33. The number of aryl methyl sites for hydroxylation is 2. The minimum atomic E-state index is 0.392. The minimum absolute atomic E-state index is 0.392. The van der Waals surface area contributed by atoms with E-state index >= 15 is 0 Å². The van der Waals surface area contributed by atoms with Gasteiger partial charge in [0.15, 0.2) is 0 Å². The van der Waals surface area contributed by atoms with Crippen LogP contribution < -0.4 is 5.30 Å². The number of rotatable bonds is 3. The first-order valence-corrected chi connectivity index (χ1v) is 5.95. The van der Waals surface area contributed by atoms with Crippen molar-refractivity contribution < 1.29 is 5.11 Å². The number of hydrogen-bond donors (Lipinski definition) is 1. The topological polar surface area (TPSA) is 20.2 Å². The molecule has 0 bridgehead atoms. The highest BCUT2D eigenvalue weighted by Gasteiger charge is 2.01. The van der Waals surface area contributed by atoms with Gasteiger partial charge in [0.1, 0.15) is 5.75 Å². The zero-order chi connectivity index (χ0) is 11.4. The van der Waals surface area contributed by atoms with E-state index in [1.807, 2.05) is 30.3 Å². The summed E-state index contributed by atoms with van der Waals surface area (Å²) in [5.74, 6) is 0.392. The maximum atomic E-state index is 9.65. The van der Waals surface area contributed by atoms with Gasteiger partial charge in [-0.3, -0.25) is 0 Å². The van der Waals surface area contributed by atoms with Gasteiger partial charge in [-0.15, -0.1) is 9.24 Å². The zero-order valence-electron chi connectivity index (χ0n) is 9.06. The van der Waals surface area contributed by atoms with Crippen molar-refractivity contribution in [1.29, 1.82) is 0 Å². The molecule has 1 unspecified atom stereocenters. The van der Waals surface area contributed by atoms with Crippen LogP contribution in [0, 0.1) is 0 Å². The van der Waals surface area contributed by atoms with Crippen molar-refractivity contribution in [2.45, 2.75) is 12.8 Å². The molecule has 16 heavy (non-hydrogen) atoms. The second kappa shape index (κ2) is 5.14. The Bertz CT molecular complexity index is 434. The average molecular weight is 230 g/mol. The van der Waals surface area contributed by atoms with Crippen LogP contribution in [-0.4, -0.2) is 5.11 Å². The maximum Gasteiger partial charge on any atom is 0.118 e. The van der Waals surface area contributed by atoms with Crippen molar-refractivity contribution in [2.24, 2.45) is 0 Å². The molecule has 1 nitrogen and oxygen atoms in total. The summed E-state index contributed by atoms with van der Waals surface area (Å²) in [4.78, 5) is 0. The molecule has 2 heteroatoms. The molecule has 0 saturated heterocycles. The lowest BCUT2D eigenvalue weighted by molar-refractivity contribution is 0.468. The zero-order valence-corrected chi connectivity index (χ0v) is 10.2. The summed E-state index contributed by atoms with van der Waals surface area (Å²) in [5.41, 5.74) is 2.33. The van der Waals surface area contributed by atoms with Gasteiger partial charge < -0.3 is 5.11 Å². The van der Waals surface area contributed by atoms with Crippen molar-refractivity contribution in [3.8, 4) is 5.75 Å². The Labute approximate surface area is 98.3 Å². The largest absolute Gasteiger partial charge is 0.508 e. The van der Waals surface area contributed by atoms with E-state index in [9.17, 15) is 5.11 Å². The standard InChI is InChI=1S/C14H15OP/c15-13-7-3-1-5-11(13)9-10-12-6-2-4-8-14(12)16/h1-8,15H,9-10,16H2. The molecule has 0 heterocycles. The van der Waals surface area contributed by atoms with E-state index in [0.29, 0.717) is 5.75 Å². The maximum absolute atomic E-state index is 9.65. The number of phenols is 1. The van der Waals surface area contributed by atoms with Gasteiger partial charge >= 0.3 is 0 Å². The van der Waals surface area contributed by atoms with Gasteiger partial charge in [-0.05, 0) is 35.3 Å². The molecular formula is C14H15OP. The SMILES string of the molecule is Oc1ccccc1CCc1ccccc1P. The Kier molecular flexibility index (Phi) is 3.58. The summed E-state index contributed by atoms with van der Waals surface area (Å²) in [6.45, 7) is 0. The molecule has 0 aliphatic heterocycles. The van der Waals surface area contributed by atoms with E-state index < -0.39 is 0 Å². The molecule has 0 aliphatic rings. The first-order valence-electron chi connectivity index (χ1n) is 5.37. The van der Waals surface area contributed by atoms with E-state index in [-0.39, 0.29) is 0 Å². The number of hydrogen-bond acceptors (Lipinski definition) is 1. The smallest absolute Gasteiger partial charge is 0.118 e. The van der Waals surface area contributed by atoms with E-state index in [2.05, 4.69) is 21.4 Å². The predicted molar refractivity (Wildman–Crippen MR) is 71.3 cm³/mol. The van der Waals surface area contributed by atoms with Crippen molar-refractivity contribution in [1.82, 2.24) is 0 Å². The molecule has 0 amide bonds. The van der Waals surface area contributed by atoms with Crippen LogP contribution in [0.5, 0.6) is 5.75 Å². The third-order valence-corrected chi connectivity index (χ3v) is 3.27. The molecular weight excluding hydrogens is 215 g/mol. The van der Waals surface area contributed by atoms with Gasteiger partial charge in [0, 0.05) is 0 Å². The Morgan fingerprint density at radius 2 is 1.38 bits per heavy atom. The number of phenolic OH excluding ortho intramolecular Hbond substituents is 1. The molecule has 0 spiro atoms. The number of benzene rings is 2. The molecule has 0 aromatic heterocycles. The van der Waals surface area contributed by atoms with Crippen LogP contribution in [0.1, 0.15) is 11.1 Å². The summed E-state index contributed by atoms with van der Waals surface area (Å²) >= 11 is 0. The van der Waals surface area contributed by atoms with E-state index in [4.69, 9.17) is 0 Å². The van der Waals surface area contributed by atoms with E-state index in [0.717, 1.165) is 18.4 Å². The third kappa shape index (κ3) is 2.62. The second-order valence-electron chi connectivity index (χ2n) is 3.83. The van der Waals surface area contributed by atoms with Crippen LogP contribution >= 0.6 is 9.24 Å². The monoisotopic (exact) mass is 230 g/mol. The van der Waals surface area contributed by atoms with Crippen LogP contribution in [0.4, 0.5) is 0 Å². The molecule has 0 aliphatic carbocycles. The fraction of sp³-hybridized carbons (Fsp3) is 0.143. The highest BCUT2D eigenvalue weighted by Crippen LogP contribution is 2.17. The van der Waals surface area contributed by atoms with Crippen molar-refractivity contribution in [3.63, 3.8) is 0 Å². The molecule has 2 rings (SSSR count). The van der Waals surface area contributed by atoms with Gasteiger partial charge in [0.2, 0.25) is 0 Å². The first kappa shape index (κ1) is 11.2. The molecule has 0 saturated carbocycles. The first-order chi connectivity index (χ1) is 7.77. The Morgan fingerprint density at radius 1 is 0.812 bits per heavy atom. The molecule has 2 aromatic carbocycles. The highest BCUT2D eigenvalue weighted by atomic mass is 31.0. The van der Waals surface area contributed by atoms with Crippen molar-refractivity contribution in [2.75, 3.05) is 0 Å². The van der Waals surface area contributed by atoms with Gasteiger partial charge in [0.25, 0.3) is 0 Å². The summed E-state index contributed by atoms with van der Waals surface area (Å²) in [6, 6.07) is 15.8. The summed E-state index contributed by atoms with van der Waals surface area (Å²) in [7, 11) is 2.75. The van der Waals surface area contributed by atoms with Gasteiger partial charge in [0.05, 0.1) is 0 Å². The molecule has 1 atom stereocenters. The summed E-state index contributed by atoms with van der Waals surface area (Å²) in [6.07, 6.45) is 1.83. The van der Waals surface area contributed by atoms with Gasteiger partial charge in [-0.2, -0.15) is 0 Å². The molecule has 0 fully saturated rings. The second-order valence-corrected chi connectivity index (χ2v) is 4.45. The molecule has 82 valence electrons. The minimum Gasteiger partial charge on any atom is -0.508 e. The third-order valence-electron chi connectivity index (χ3n) is 2.71. The summed E-state index contributed by atoms with van der Waals surface area (Å²) in [5, 5.41) is 10.9. The average Bonchev–Trinajstić information content (AvgIpc) is 2.30. The van der Waals surface area contributed by atoms with Gasteiger partial charge in [-0.1, -0.05) is 42.5 Å². The van der Waals surface area contributed by atoms with E-state index in [1.54, 1.807) is 6.07 Å². The van der Waals surface area contributed by atoms with Crippen molar-refractivity contribution >= 4 is 14.5 Å². The van der Waals surface area contributed by atoms with Crippen LogP contribution in [0.2, 0.25) is 0 Å². The van der Waals surface area contributed by atoms with Crippen LogP contribution in [0.3, 0.4) is 0 Å². The number of aromatic hydroxyl groups is 1. The fourth-order valence-corrected chi connectivity index (χ4v) is 2.11. The van der Waals surface area contributed by atoms with Gasteiger partial charge in [-0.25, -0.2) is 0 Å². The summed E-state index contributed by atoms with van der Waals surface area (Å²) < 4.78 is 0. The van der Waals surface area contributed by atoms with Crippen LogP contribution in [0.15, 0.2) is 48.5 Å². The number of para-hydroxylation sites is 1. The lowest BCUT2D eigenvalue weighted by Crippen LogP contribution is -2.02. The highest BCUT2D eigenvalue weighted by molar-refractivity contribution is 7.27. The predicted octanol–water partition coefficient (Wildman–Crippen LogP) is 2.68. The van der Waals surface area contributed by atoms with Crippen LogP contribution in [0.25, 0.3) is 0 Å². The molecule has 0 radical (unpaired) electrons. The lowest BCUT2D eigenvalue weighted by Gasteiger charge is -2.06. The van der Waals surface area contributed by atoms with Crippen molar-refractivity contribution in [3.05, 3.63) is 59.7 Å². The lowest BCUT2D eigenvalue weighted by atomic mass is 10.0. The quantitative estimate of drug-likeness (QED) is 0.804. The normalized spacial score (nSPS) is 10.3. The van der Waals surface area contributed by atoms with E-state index in [1.165, 1.54) is 10.9 Å².